The summed E-state index contributed by atoms with van der Waals surface area (Å²) in [4.78, 5) is 2.37. The van der Waals surface area contributed by atoms with Crippen LogP contribution < -0.4 is 14.8 Å². The van der Waals surface area contributed by atoms with Gasteiger partial charge in [-0.05, 0) is 45.0 Å². The fraction of sp³-hybridized carbons (Fsp3) is 0.625. The first-order valence-corrected chi connectivity index (χ1v) is 11.5. The van der Waals surface area contributed by atoms with Gasteiger partial charge in [-0.3, -0.25) is 4.68 Å². The van der Waals surface area contributed by atoms with E-state index in [1.807, 2.05) is 36.9 Å². The Hall–Kier alpha value is -2.09. The molecule has 3 rings (SSSR count). The van der Waals surface area contributed by atoms with Gasteiger partial charge in [-0.25, -0.2) is 0 Å². The maximum atomic E-state index is 10.6. The van der Waals surface area contributed by atoms with E-state index in [0.717, 1.165) is 41.5 Å². The number of hydrogen-bond donors (Lipinski definition) is 2. The highest BCUT2D eigenvalue weighted by Crippen LogP contribution is 2.25. The maximum absolute atomic E-state index is 10.6. The number of rotatable bonds is 10. The lowest BCUT2D eigenvalue weighted by Crippen LogP contribution is -2.37. The van der Waals surface area contributed by atoms with Crippen molar-refractivity contribution >= 4 is 0 Å². The minimum Gasteiger partial charge on any atom is -0.497 e. The third-order valence-corrected chi connectivity index (χ3v) is 5.91. The molecule has 1 saturated heterocycles. The lowest BCUT2D eigenvalue weighted by molar-refractivity contribution is 0.0650. The number of likely N-dealkylation sites (tertiary alicyclic amines) is 1. The Morgan fingerprint density at radius 2 is 1.84 bits per heavy atom. The van der Waals surface area contributed by atoms with E-state index in [0.29, 0.717) is 19.6 Å². The number of aliphatic hydroxyl groups is 1. The van der Waals surface area contributed by atoms with Gasteiger partial charge in [-0.2, -0.15) is 5.10 Å². The van der Waals surface area contributed by atoms with Crippen LogP contribution in [0.15, 0.2) is 24.3 Å². The first kappa shape index (κ1) is 23.6. The Balaban J connectivity index is 1.53. The minimum atomic E-state index is -0.511. The highest BCUT2D eigenvalue weighted by atomic mass is 16.5. The van der Waals surface area contributed by atoms with E-state index >= 15 is 0 Å². The van der Waals surface area contributed by atoms with Crippen molar-refractivity contribution in [1.29, 1.82) is 0 Å². The summed E-state index contributed by atoms with van der Waals surface area (Å²) in [6.45, 7) is 6.45. The molecule has 1 fully saturated rings. The van der Waals surface area contributed by atoms with Crippen LogP contribution in [0.4, 0.5) is 0 Å². The van der Waals surface area contributed by atoms with E-state index in [4.69, 9.17) is 9.47 Å². The lowest BCUT2D eigenvalue weighted by Gasteiger charge is -2.27. The summed E-state index contributed by atoms with van der Waals surface area (Å²) in [7, 11) is 3.60. The van der Waals surface area contributed by atoms with Gasteiger partial charge in [0.2, 0.25) is 0 Å². The Morgan fingerprint density at radius 3 is 2.52 bits per heavy atom. The van der Waals surface area contributed by atoms with Crippen LogP contribution in [0.2, 0.25) is 0 Å². The molecule has 1 aliphatic rings. The Kier molecular flexibility index (Phi) is 9.18. The Morgan fingerprint density at radius 1 is 1.10 bits per heavy atom. The average molecular weight is 431 g/mol. The molecule has 1 aromatic carbocycles. The molecule has 0 radical (unpaired) electrons. The van der Waals surface area contributed by atoms with Crippen molar-refractivity contribution in [3.63, 3.8) is 0 Å². The molecule has 0 saturated carbocycles. The van der Waals surface area contributed by atoms with Crippen molar-refractivity contribution in [3.05, 3.63) is 41.2 Å². The van der Waals surface area contributed by atoms with Crippen LogP contribution >= 0.6 is 0 Å². The van der Waals surface area contributed by atoms with Crippen molar-refractivity contribution in [2.24, 2.45) is 7.05 Å². The Bertz CT molecular complexity index is 781. The number of ether oxygens (including phenoxy) is 2. The first-order chi connectivity index (χ1) is 15.0. The molecule has 2 aromatic rings. The van der Waals surface area contributed by atoms with Gasteiger partial charge in [0.15, 0.2) is 0 Å². The molecule has 0 amide bonds. The number of nitrogens with one attached hydrogen (secondary N) is 1. The average Bonchev–Trinajstić information content (AvgIpc) is 3.06. The standard InChI is InChI=1S/C24H38N4O3/c1-19-13-21(26-27(19)2)16-25-15-20-9-10-23(30-3)14-24(20)31-18-22(29)17-28-11-7-5-4-6-8-12-28/h9-10,13-14,22,25,29H,4-8,11-12,15-18H2,1-3H3. The van der Waals surface area contributed by atoms with Gasteiger partial charge in [-0.1, -0.05) is 25.3 Å². The highest BCUT2D eigenvalue weighted by molar-refractivity contribution is 5.40. The molecule has 1 aromatic heterocycles. The summed E-state index contributed by atoms with van der Waals surface area (Å²) < 4.78 is 13.3. The van der Waals surface area contributed by atoms with E-state index in [2.05, 4.69) is 21.4 Å². The molecule has 31 heavy (non-hydrogen) atoms. The summed E-state index contributed by atoms with van der Waals surface area (Å²) in [5, 5.41) is 18.5. The Labute approximate surface area is 186 Å². The number of nitrogens with zero attached hydrogens (tertiary/aromatic N) is 3. The van der Waals surface area contributed by atoms with Crippen LogP contribution in [0.5, 0.6) is 11.5 Å². The van der Waals surface area contributed by atoms with Crippen LogP contribution in [0, 0.1) is 6.92 Å². The van der Waals surface area contributed by atoms with E-state index in [1.165, 1.54) is 32.1 Å². The maximum Gasteiger partial charge on any atom is 0.127 e. The summed E-state index contributed by atoms with van der Waals surface area (Å²) in [5.41, 5.74) is 3.19. The van der Waals surface area contributed by atoms with Crippen LogP contribution in [0.25, 0.3) is 0 Å². The molecule has 0 spiro atoms. The number of aryl methyl sites for hydroxylation is 2. The summed E-state index contributed by atoms with van der Waals surface area (Å²) in [6, 6.07) is 7.92. The molecule has 1 unspecified atom stereocenters. The molecule has 7 nitrogen and oxygen atoms in total. The number of hydrogen-bond acceptors (Lipinski definition) is 6. The zero-order valence-electron chi connectivity index (χ0n) is 19.3. The zero-order chi connectivity index (χ0) is 22.1. The second kappa shape index (κ2) is 12.1. The van der Waals surface area contributed by atoms with Crippen LogP contribution in [0.3, 0.4) is 0 Å². The van der Waals surface area contributed by atoms with Crippen molar-refractivity contribution in [1.82, 2.24) is 20.0 Å². The molecule has 2 heterocycles. The third-order valence-electron chi connectivity index (χ3n) is 5.91. The number of methoxy groups -OCH3 is 1. The fourth-order valence-electron chi connectivity index (χ4n) is 4.02. The predicted octanol–water partition coefficient (Wildman–Crippen LogP) is 3.03. The molecule has 1 atom stereocenters. The van der Waals surface area contributed by atoms with Crippen LogP contribution in [-0.2, 0) is 20.1 Å². The van der Waals surface area contributed by atoms with Gasteiger partial charge in [0.1, 0.15) is 24.2 Å². The van der Waals surface area contributed by atoms with Gasteiger partial charge in [-0.15, -0.1) is 0 Å². The molecular weight excluding hydrogens is 392 g/mol. The van der Waals surface area contributed by atoms with Gasteiger partial charge < -0.3 is 24.8 Å². The minimum absolute atomic E-state index is 0.274. The smallest absolute Gasteiger partial charge is 0.127 e. The summed E-state index contributed by atoms with van der Waals surface area (Å²) in [5.74, 6) is 1.49. The van der Waals surface area contributed by atoms with Gasteiger partial charge in [0.05, 0.1) is 12.8 Å². The monoisotopic (exact) mass is 430 g/mol. The molecule has 0 bridgehead atoms. The third kappa shape index (κ3) is 7.52. The van der Waals surface area contributed by atoms with Gasteiger partial charge in [0, 0.05) is 44.0 Å². The number of benzene rings is 1. The molecule has 172 valence electrons. The predicted molar refractivity (Wildman–Crippen MR) is 123 cm³/mol. The fourth-order valence-corrected chi connectivity index (χ4v) is 4.02. The second-order valence-electron chi connectivity index (χ2n) is 8.51. The number of aromatic nitrogens is 2. The van der Waals surface area contributed by atoms with Crippen LogP contribution in [-0.4, -0.2) is 59.2 Å². The van der Waals surface area contributed by atoms with E-state index in [-0.39, 0.29) is 6.61 Å². The molecular formula is C24H38N4O3. The van der Waals surface area contributed by atoms with Gasteiger partial charge in [0.25, 0.3) is 0 Å². The quantitative estimate of drug-likeness (QED) is 0.604. The largest absolute Gasteiger partial charge is 0.497 e. The molecule has 2 N–H and O–H groups in total. The number of aliphatic hydroxyl groups excluding tert-OH is 1. The van der Waals surface area contributed by atoms with Crippen molar-refractivity contribution in [2.75, 3.05) is 33.4 Å². The summed E-state index contributed by atoms with van der Waals surface area (Å²) in [6.07, 6.45) is 5.85. The topological polar surface area (TPSA) is 71.8 Å². The molecule has 7 heteroatoms. The first-order valence-electron chi connectivity index (χ1n) is 11.5. The van der Waals surface area contributed by atoms with Crippen molar-refractivity contribution in [2.45, 2.75) is 58.2 Å². The normalized spacial score (nSPS) is 16.5. The van der Waals surface area contributed by atoms with Gasteiger partial charge >= 0.3 is 0 Å². The van der Waals surface area contributed by atoms with E-state index in [9.17, 15) is 5.11 Å². The molecule has 1 aliphatic heterocycles. The van der Waals surface area contributed by atoms with Crippen molar-refractivity contribution in [3.8, 4) is 11.5 Å². The highest BCUT2D eigenvalue weighted by Gasteiger charge is 2.15. The van der Waals surface area contributed by atoms with Crippen LogP contribution in [0.1, 0.15) is 49.1 Å². The lowest BCUT2D eigenvalue weighted by atomic mass is 10.1. The molecule has 0 aliphatic carbocycles. The second-order valence-corrected chi connectivity index (χ2v) is 8.51. The van der Waals surface area contributed by atoms with Crippen molar-refractivity contribution < 1.29 is 14.6 Å². The number of β-amino-alcohol motifs (C(OH)–C–C–N with tert-alkyl or cyclic N) is 1. The van der Waals surface area contributed by atoms with E-state index in [1.54, 1.807) is 7.11 Å². The zero-order valence-corrected chi connectivity index (χ0v) is 19.3. The SMILES string of the molecule is COc1ccc(CNCc2cc(C)n(C)n2)c(OCC(O)CN2CCCCCCC2)c1. The van der Waals surface area contributed by atoms with E-state index < -0.39 is 6.10 Å². The summed E-state index contributed by atoms with van der Waals surface area (Å²) >= 11 is 0.